The van der Waals surface area contributed by atoms with Gasteiger partial charge in [0.2, 0.25) is 0 Å². The van der Waals surface area contributed by atoms with Crippen molar-refractivity contribution in [2.75, 3.05) is 0 Å². The number of aromatic hydroxyl groups is 1. The first kappa shape index (κ1) is 13.1. The molecule has 1 N–H and O–H groups in total. The van der Waals surface area contributed by atoms with Crippen LogP contribution >= 0.6 is 0 Å². The Labute approximate surface area is 98.5 Å². The zero-order chi connectivity index (χ0) is 12.7. The summed E-state index contributed by atoms with van der Waals surface area (Å²) in [5.41, 5.74) is 1.51. The Balaban J connectivity index is 3.44. The summed E-state index contributed by atoms with van der Waals surface area (Å²) in [6.07, 6.45) is 0.798. The van der Waals surface area contributed by atoms with Gasteiger partial charge in [0.1, 0.15) is 5.69 Å². The predicted molar refractivity (Wildman–Crippen MR) is 67.0 cm³/mol. The van der Waals surface area contributed by atoms with Crippen molar-refractivity contribution in [3.63, 3.8) is 0 Å². The highest BCUT2D eigenvalue weighted by molar-refractivity contribution is 5.37. The van der Waals surface area contributed by atoms with Crippen LogP contribution < -0.4 is 0 Å². The van der Waals surface area contributed by atoms with Crippen LogP contribution in [-0.2, 0) is 17.4 Å². The van der Waals surface area contributed by atoms with Crippen molar-refractivity contribution >= 4 is 0 Å². The quantitative estimate of drug-likeness (QED) is 0.795. The van der Waals surface area contributed by atoms with E-state index < -0.39 is 0 Å². The van der Waals surface area contributed by atoms with Crippen molar-refractivity contribution in [3.8, 4) is 5.75 Å². The van der Waals surface area contributed by atoms with Crippen molar-refractivity contribution in [1.82, 2.24) is 9.78 Å². The molecule has 3 heteroatoms. The summed E-state index contributed by atoms with van der Waals surface area (Å²) in [5, 5.41) is 14.8. The Morgan fingerprint density at radius 3 is 1.88 bits per heavy atom. The van der Waals surface area contributed by atoms with Crippen molar-refractivity contribution in [3.05, 3.63) is 11.4 Å². The molecular formula is C13H24N2O. The van der Waals surface area contributed by atoms with E-state index in [1.54, 1.807) is 0 Å². The van der Waals surface area contributed by atoms with Crippen molar-refractivity contribution < 1.29 is 5.11 Å². The Morgan fingerprint density at radius 2 is 1.62 bits per heavy atom. The van der Waals surface area contributed by atoms with E-state index in [-0.39, 0.29) is 11.0 Å². The van der Waals surface area contributed by atoms with Crippen molar-refractivity contribution in [1.29, 1.82) is 0 Å². The highest BCUT2D eigenvalue weighted by Gasteiger charge is 2.29. The minimum atomic E-state index is -0.121. The van der Waals surface area contributed by atoms with Crippen LogP contribution in [-0.4, -0.2) is 14.9 Å². The molecule has 1 aromatic rings. The number of hydrogen-bond acceptors (Lipinski definition) is 2. The van der Waals surface area contributed by atoms with E-state index in [4.69, 9.17) is 0 Å². The summed E-state index contributed by atoms with van der Waals surface area (Å²) in [7, 11) is 0. The molecule has 0 radical (unpaired) electrons. The van der Waals surface area contributed by atoms with Gasteiger partial charge in [0.15, 0.2) is 5.75 Å². The Hall–Kier alpha value is -0.990. The SMILES string of the molecule is CCc1c(O)c(C(C)(C)C)nn1C(C)(C)C. The second kappa shape index (κ2) is 3.79. The lowest BCUT2D eigenvalue weighted by Gasteiger charge is -2.22. The molecule has 3 nitrogen and oxygen atoms in total. The molecule has 1 heterocycles. The van der Waals surface area contributed by atoms with Crippen LogP contribution in [0.15, 0.2) is 0 Å². The molecule has 0 saturated carbocycles. The second-order valence-electron chi connectivity index (χ2n) is 6.33. The summed E-state index contributed by atoms with van der Waals surface area (Å²) in [6.45, 7) is 14.6. The fourth-order valence-electron chi connectivity index (χ4n) is 1.82. The smallest absolute Gasteiger partial charge is 0.160 e. The Morgan fingerprint density at radius 1 is 1.12 bits per heavy atom. The molecule has 0 aliphatic carbocycles. The zero-order valence-corrected chi connectivity index (χ0v) is 11.5. The molecule has 0 saturated heterocycles. The summed E-state index contributed by atoms with van der Waals surface area (Å²) in [4.78, 5) is 0. The van der Waals surface area contributed by atoms with Gasteiger partial charge < -0.3 is 5.11 Å². The molecule has 0 fully saturated rings. The average Bonchev–Trinajstić information content (AvgIpc) is 2.40. The molecule has 0 unspecified atom stereocenters. The molecule has 0 aliphatic heterocycles. The maximum absolute atomic E-state index is 10.2. The number of rotatable bonds is 1. The lowest BCUT2D eigenvalue weighted by atomic mass is 9.91. The molecule has 0 atom stereocenters. The van der Waals surface area contributed by atoms with Crippen LogP contribution in [0.3, 0.4) is 0 Å². The molecule has 0 aromatic carbocycles. The van der Waals surface area contributed by atoms with Gasteiger partial charge in [0.25, 0.3) is 0 Å². The first-order chi connectivity index (χ1) is 7.09. The van der Waals surface area contributed by atoms with Crippen LogP contribution in [0.5, 0.6) is 5.75 Å². The molecule has 1 aromatic heterocycles. The third-order valence-corrected chi connectivity index (χ3v) is 2.63. The third kappa shape index (κ3) is 2.23. The van der Waals surface area contributed by atoms with Gasteiger partial charge in [-0.05, 0) is 27.2 Å². The molecule has 0 amide bonds. The maximum atomic E-state index is 10.2. The zero-order valence-electron chi connectivity index (χ0n) is 11.5. The monoisotopic (exact) mass is 224 g/mol. The van der Waals surface area contributed by atoms with E-state index >= 15 is 0 Å². The minimum Gasteiger partial charge on any atom is -0.504 e. The van der Waals surface area contributed by atoms with Gasteiger partial charge in [-0.1, -0.05) is 27.7 Å². The summed E-state index contributed by atoms with van der Waals surface area (Å²) < 4.78 is 1.95. The minimum absolute atomic E-state index is 0.0909. The predicted octanol–water partition coefficient (Wildman–Crippen LogP) is 3.20. The normalized spacial score (nSPS) is 13.2. The van der Waals surface area contributed by atoms with Gasteiger partial charge in [-0.25, -0.2) is 0 Å². The maximum Gasteiger partial charge on any atom is 0.160 e. The van der Waals surface area contributed by atoms with Gasteiger partial charge in [0, 0.05) is 5.41 Å². The largest absolute Gasteiger partial charge is 0.504 e. The van der Waals surface area contributed by atoms with Gasteiger partial charge >= 0.3 is 0 Å². The number of aromatic nitrogens is 2. The summed E-state index contributed by atoms with van der Waals surface area (Å²) in [5.74, 6) is 0.366. The van der Waals surface area contributed by atoms with Crippen LogP contribution in [0.2, 0.25) is 0 Å². The van der Waals surface area contributed by atoms with E-state index in [0.717, 1.165) is 17.8 Å². The molecule has 0 aliphatic rings. The first-order valence-corrected chi connectivity index (χ1v) is 5.91. The topological polar surface area (TPSA) is 38.1 Å². The van der Waals surface area contributed by atoms with Gasteiger partial charge in [-0.3, -0.25) is 4.68 Å². The highest BCUT2D eigenvalue weighted by Crippen LogP contribution is 2.35. The lowest BCUT2D eigenvalue weighted by Crippen LogP contribution is -2.26. The standard InChI is InChI=1S/C13H24N2O/c1-8-9-10(16)11(12(2,3)4)14-15(9)13(5,6)7/h16H,8H2,1-7H3. The fraction of sp³-hybridized carbons (Fsp3) is 0.769. The molecule has 0 bridgehead atoms. The summed E-state index contributed by atoms with van der Waals surface area (Å²) >= 11 is 0. The van der Waals surface area contributed by atoms with Crippen molar-refractivity contribution in [2.24, 2.45) is 0 Å². The fourth-order valence-corrected chi connectivity index (χ4v) is 1.82. The summed E-state index contributed by atoms with van der Waals surface area (Å²) in [6, 6.07) is 0. The molecule has 92 valence electrons. The van der Waals surface area contributed by atoms with E-state index in [1.165, 1.54) is 0 Å². The van der Waals surface area contributed by atoms with Crippen LogP contribution in [0.1, 0.15) is 59.9 Å². The van der Waals surface area contributed by atoms with E-state index in [1.807, 2.05) is 11.6 Å². The van der Waals surface area contributed by atoms with Crippen LogP contribution in [0, 0.1) is 0 Å². The third-order valence-electron chi connectivity index (χ3n) is 2.63. The van der Waals surface area contributed by atoms with Gasteiger partial charge in [-0.2, -0.15) is 5.10 Å². The van der Waals surface area contributed by atoms with E-state index in [0.29, 0.717) is 5.75 Å². The Kier molecular flexibility index (Phi) is 3.10. The Bertz CT molecular complexity index is 378. The van der Waals surface area contributed by atoms with E-state index in [2.05, 4.69) is 46.6 Å². The number of hydrogen-bond donors (Lipinski definition) is 1. The average molecular weight is 224 g/mol. The molecule has 0 spiro atoms. The lowest BCUT2D eigenvalue weighted by molar-refractivity contribution is 0.336. The van der Waals surface area contributed by atoms with Gasteiger partial charge in [-0.15, -0.1) is 0 Å². The van der Waals surface area contributed by atoms with Crippen molar-refractivity contribution in [2.45, 2.75) is 65.8 Å². The molecular weight excluding hydrogens is 200 g/mol. The molecule has 16 heavy (non-hydrogen) atoms. The van der Waals surface area contributed by atoms with Gasteiger partial charge in [0.05, 0.1) is 11.2 Å². The van der Waals surface area contributed by atoms with Crippen LogP contribution in [0.4, 0.5) is 0 Å². The number of nitrogens with zero attached hydrogens (tertiary/aromatic N) is 2. The molecule has 1 rings (SSSR count). The second-order valence-corrected chi connectivity index (χ2v) is 6.33. The van der Waals surface area contributed by atoms with E-state index in [9.17, 15) is 5.11 Å². The highest BCUT2D eigenvalue weighted by atomic mass is 16.3. The van der Waals surface area contributed by atoms with Crippen LogP contribution in [0.25, 0.3) is 0 Å². The first-order valence-electron chi connectivity index (χ1n) is 5.91.